The number of aromatic nitrogens is 1. The Hall–Kier alpha value is -1.61. The number of oxazole rings is 1. The molecule has 0 saturated carbocycles. The Morgan fingerprint density at radius 2 is 2.00 bits per heavy atom. The molecule has 0 bridgehead atoms. The molecule has 1 atom stereocenters. The summed E-state index contributed by atoms with van der Waals surface area (Å²) in [7, 11) is 0. The van der Waals surface area contributed by atoms with Crippen LogP contribution in [0.25, 0.3) is 11.3 Å². The van der Waals surface area contributed by atoms with Crippen LogP contribution in [-0.4, -0.2) is 4.98 Å². The number of rotatable bonds is 4. The lowest BCUT2D eigenvalue weighted by Crippen LogP contribution is -2.04. The summed E-state index contributed by atoms with van der Waals surface area (Å²) in [6, 6.07) is 8.23. The van der Waals surface area contributed by atoms with Crippen LogP contribution in [0.4, 0.5) is 0 Å². The first-order valence-electron chi connectivity index (χ1n) is 6.01. The summed E-state index contributed by atoms with van der Waals surface area (Å²) >= 11 is 0. The van der Waals surface area contributed by atoms with Crippen molar-refractivity contribution in [2.24, 2.45) is 5.73 Å². The second kappa shape index (κ2) is 5.15. The van der Waals surface area contributed by atoms with Crippen LogP contribution >= 0.6 is 0 Å². The molecule has 0 spiro atoms. The van der Waals surface area contributed by atoms with Gasteiger partial charge in [-0.05, 0) is 18.9 Å². The van der Waals surface area contributed by atoms with E-state index in [1.54, 1.807) is 6.20 Å². The molecule has 17 heavy (non-hydrogen) atoms. The lowest BCUT2D eigenvalue weighted by molar-refractivity contribution is 0.473. The summed E-state index contributed by atoms with van der Waals surface area (Å²) < 4.78 is 5.59. The Bertz CT molecular complexity index is 471. The molecule has 0 amide bonds. The van der Waals surface area contributed by atoms with Crippen molar-refractivity contribution < 1.29 is 4.42 Å². The molecular formula is C14H18N2O. The molecule has 1 aromatic heterocycles. The van der Waals surface area contributed by atoms with Crippen LogP contribution in [0.15, 0.2) is 34.9 Å². The van der Waals surface area contributed by atoms with E-state index in [0.717, 1.165) is 24.2 Å². The van der Waals surface area contributed by atoms with E-state index in [1.807, 2.05) is 6.92 Å². The minimum absolute atomic E-state index is 0.164. The topological polar surface area (TPSA) is 52.0 Å². The molecule has 0 aliphatic rings. The van der Waals surface area contributed by atoms with Gasteiger partial charge in [0.05, 0.1) is 12.2 Å². The maximum absolute atomic E-state index is 5.71. The number of aryl methyl sites for hydroxylation is 1. The molecule has 0 aliphatic heterocycles. The highest BCUT2D eigenvalue weighted by atomic mass is 16.4. The van der Waals surface area contributed by atoms with Gasteiger partial charge in [-0.15, -0.1) is 0 Å². The van der Waals surface area contributed by atoms with Crippen molar-refractivity contribution in [3.05, 3.63) is 41.9 Å². The van der Waals surface area contributed by atoms with E-state index >= 15 is 0 Å². The van der Waals surface area contributed by atoms with E-state index in [-0.39, 0.29) is 6.04 Å². The smallest absolute Gasteiger partial charge is 0.211 e. The predicted molar refractivity (Wildman–Crippen MR) is 68.5 cm³/mol. The van der Waals surface area contributed by atoms with Gasteiger partial charge < -0.3 is 10.2 Å². The van der Waals surface area contributed by atoms with Crippen molar-refractivity contribution in [2.45, 2.75) is 32.7 Å². The zero-order chi connectivity index (χ0) is 12.3. The second-order valence-electron chi connectivity index (χ2n) is 4.30. The maximum Gasteiger partial charge on any atom is 0.211 e. The van der Waals surface area contributed by atoms with Crippen molar-refractivity contribution in [3.63, 3.8) is 0 Å². The molecular weight excluding hydrogens is 212 g/mol. The van der Waals surface area contributed by atoms with E-state index in [9.17, 15) is 0 Å². The van der Waals surface area contributed by atoms with Crippen LogP contribution in [0.5, 0.6) is 0 Å². The molecule has 0 radical (unpaired) electrons. The summed E-state index contributed by atoms with van der Waals surface area (Å²) in [5, 5.41) is 0. The van der Waals surface area contributed by atoms with Gasteiger partial charge in [0.2, 0.25) is 5.89 Å². The minimum Gasteiger partial charge on any atom is -0.439 e. The van der Waals surface area contributed by atoms with E-state index < -0.39 is 0 Å². The Morgan fingerprint density at radius 3 is 2.53 bits per heavy atom. The average molecular weight is 230 g/mol. The molecule has 0 fully saturated rings. The zero-order valence-electron chi connectivity index (χ0n) is 10.3. The second-order valence-corrected chi connectivity index (χ2v) is 4.30. The van der Waals surface area contributed by atoms with Gasteiger partial charge in [-0.25, -0.2) is 4.98 Å². The van der Waals surface area contributed by atoms with Crippen LogP contribution in [0, 0.1) is 0 Å². The minimum atomic E-state index is -0.164. The first-order chi connectivity index (χ1) is 8.20. The molecule has 2 aromatic rings. The third-order valence-electron chi connectivity index (χ3n) is 2.69. The summed E-state index contributed by atoms with van der Waals surface area (Å²) in [4.78, 5) is 4.16. The Balaban J connectivity index is 2.21. The lowest BCUT2D eigenvalue weighted by Gasteiger charge is -2.01. The van der Waals surface area contributed by atoms with Gasteiger partial charge in [0.1, 0.15) is 0 Å². The molecule has 0 aliphatic carbocycles. The highest BCUT2D eigenvalue weighted by Crippen LogP contribution is 2.22. The fourth-order valence-corrected chi connectivity index (χ4v) is 1.76. The van der Waals surface area contributed by atoms with Crippen LogP contribution in [0.2, 0.25) is 0 Å². The van der Waals surface area contributed by atoms with Crippen molar-refractivity contribution in [1.82, 2.24) is 4.98 Å². The zero-order valence-corrected chi connectivity index (χ0v) is 10.3. The number of nitrogens with two attached hydrogens (primary N) is 1. The lowest BCUT2D eigenvalue weighted by atomic mass is 10.1. The Kier molecular flexibility index (Phi) is 3.59. The normalized spacial score (nSPS) is 12.6. The quantitative estimate of drug-likeness (QED) is 0.876. The van der Waals surface area contributed by atoms with Crippen molar-refractivity contribution in [3.8, 4) is 11.3 Å². The number of hydrogen-bond donors (Lipinski definition) is 1. The molecule has 3 nitrogen and oxygen atoms in total. The summed E-state index contributed by atoms with van der Waals surface area (Å²) in [5.74, 6) is 1.36. The maximum atomic E-state index is 5.71. The van der Waals surface area contributed by atoms with Crippen LogP contribution in [-0.2, 0) is 6.42 Å². The molecule has 90 valence electrons. The first-order valence-corrected chi connectivity index (χ1v) is 6.01. The Morgan fingerprint density at radius 1 is 1.29 bits per heavy atom. The standard InChI is InChI=1S/C14H18N2O/c1-3-4-11-5-7-12(8-6-11)13-9-16-14(17-13)10(2)15/h5-10H,3-4,15H2,1-2H3. The van der Waals surface area contributed by atoms with Gasteiger partial charge in [-0.2, -0.15) is 0 Å². The third-order valence-corrected chi connectivity index (χ3v) is 2.69. The molecule has 0 saturated heterocycles. The van der Waals surface area contributed by atoms with Gasteiger partial charge in [0.25, 0.3) is 0 Å². The third kappa shape index (κ3) is 2.74. The van der Waals surface area contributed by atoms with Gasteiger partial charge in [-0.1, -0.05) is 37.6 Å². The van der Waals surface area contributed by atoms with Gasteiger partial charge in [0.15, 0.2) is 5.76 Å². The Labute approximate surface area is 102 Å². The number of benzene rings is 1. The van der Waals surface area contributed by atoms with E-state index in [1.165, 1.54) is 5.56 Å². The highest BCUT2D eigenvalue weighted by Gasteiger charge is 2.09. The summed E-state index contributed by atoms with van der Waals surface area (Å²) in [6.45, 7) is 4.04. The fraction of sp³-hybridized carbons (Fsp3) is 0.357. The van der Waals surface area contributed by atoms with E-state index in [4.69, 9.17) is 10.2 Å². The highest BCUT2D eigenvalue weighted by molar-refractivity contribution is 5.56. The summed E-state index contributed by atoms with van der Waals surface area (Å²) in [5.41, 5.74) is 8.11. The van der Waals surface area contributed by atoms with Crippen LogP contribution < -0.4 is 5.73 Å². The fourth-order valence-electron chi connectivity index (χ4n) is 1.76. The molecule has 3 heteroatoms. The largest absolute Gasteiger partial charge is 0.439 e. The van der Waals surface area contributed by atoms with E-state index in [0.29, 0.717) is 5.89 Å². The summed E-state index contributed by atoms with van der Waals surface area (Å²) in [6.07, 6.45) is 4.01. The van der Waals surface area contributed by atoms with Crippen molar-refractivity contribution >= 4 is 0 Å². The molecule has 1 heterocycles. The molecule has 2 N–H and O–H groups in total. The van der Waals surface area contributed by atoms with Gasteiger partial charge in [-0.3, -0.25) is 0 Å². The molecule has 1 unspecified atom stereocenters. The van der Waals surface area contributed by atoms with Crippen LogP contribution in [0.1, 0.15) is 37.8 Å². The first kappa shape index (κ1) is 11.9. The number of hydrogen-bond acceptors (Lipinski definition) is 3. The predicted octanol–water partition coefficient (Wildman–Crippen LogP) is 3.31. The van der Waals surface area contributed by atoms with Crippen LogP contribution in [0.3, 0.4) is 0 Å². The van der Waals surface area contributed by atoms with Crippen molar-refractivity contribution in [1.29, 1.82) is 0 Å². The van der Waals surface area contributed by atoms with E-state index in [2.05, 4.69) is 36.2 Å². The molecule has 2 rings (SSSR count). The molecule has 1 aromatic carbocycles. The average Bonchev–Trinajstić information content (AvgIpc) is 2.80. The van der Waals surface area contributed by atoms with Gasteiger partial charge >= 0.3 is 0 Å². The number of nitrogens with zero attached hydrogens (tertiary/aromatic N) is 1. The van der Waals surface area contributed by atoms with Gasteiger partial charge in [0, 0.05) is 5.56 Å². The van der Waals surface area contributed by atoms with Crippen molar-refractivity contribution in [2.75, 3.05) is 0 Å². The monoisotopic (exact) mass is 230 g/mol. The SMILES string of the molecule is CCCc1ccc(-c2cnc(C(C)N)o2)cc1.